The molecule has 0 aliphatic rings. The molecule has 0 radical (unpaired) electrons. The number of rotatable bonds is 13. The molecule has 1 rings (SSSR count). The van der Waals surface area contributed by atoms with E-state index < -0.39 is 18.4 Å². The van der Waals surface area contributed by atoms with E-state index in [1.165, 1.54) is 43.8 Å². The van der Waals surface area contributed by atoms with E-state index in [0.717, 1.165) is 0 Å². The van der Waals surface area contributed by atoms with E-state index in [1.54, 1.807) is 21.4 Å². The van der Waals surface area contributed by atoms with E-state index in [4.69, 9.17) is 6.58 Å². The van der Waals surface area contributed by atoms with Gasteiger partial charge in [-0.1, -0.05) is 0 Å². The molecule has 0 unspecified atom stereocenters. The maximum absolute atomic E-state index is 4.71. The van der Waals surface area contributed by atoms with Gasteiger partial charge in [0.15, 0.2) is 0 Å². The molecule has 0 fully saturated rings. The summed E-state index contributed by atoms with van der Waals surface area (Å²) in [5.41, 5.74) is 0. The van der Waals surface area contributed by atoms with Crippen molar-refractivity contribution >= 4 is 37.8 Å². The number of benzene rings is 1. The Hall–Kier alpha value is 0.278. The zero-order valence-corrected chi connectivity index (χ0v) is 20.1. The van der Waals surface area contributed by atoms with Gasteiger partial charge in [0.05, 0.1) is 0 Å². The zero-order valence-electron chi connectivity index (χ0n) is 15.6. The first kappa shape index (κ1) is 21.3. The molecule has 0 saturated heterocycles. The Morgan fingerprint density at radius 3 is 1.78 bits per heavy atom. The maximum atomic E-state index is 4.71. The molecule has 0 amide bonds. The van der Waals surface area contributed by atoms with E-state index in [-0.39, 0.29) is 0 Å². The molecule has 0 spiro atoms. The van der Waals surface area contributed by atoms with Crippen molar-refractivity contribution in [1.29, 1.82) is 0 Å². The van der Waals surface area contributed by atoms with Gasteiger partial charge in [-0.15, -0.1) is 0 Å². The van der Waals surface area contributed by atoms with Gasteiger partial charge in [0, 0.05) is 0 Å². The minimum absolute atomic E-state index is 0.588. The summed E-state index contributed by atoms with van der Waals surface area (Å²) in [4.78, 5) is 0. The molecule has 0 saturated carbocycles. The van der Waals surface area contributed by atoms with Crippen LogP contribution < -0.4 is 4.46 Å². The van der Waals surface area contributed by atoms with Gasteiger partial charge in [-0.25, -0.2) is 0 Å². The van der Waals surface area contributed by atoms with Crippen molar-refractivity contribution in [2.24, 2.45) is 0 Å². The van der Waals surface area contributed by atoms with Crippen molar-refractivity contribution in [1.82, 2.24) is 0 Å². The van der Waals surface area contributed by atoms with E-state index in [1.807, 2.05) is 0 Å². The summed E-state index contributed by atoms with van der Waals surface area (Å²) in [6.45, 7) is 11.8. The molecule has 0 atom stereocenters. The van der Waals surface area contributed by atoms with E-state index in [0.29, 0.717) is 15.0 Å². The first-order valence-corrected chi connectivity index (χ1v) is 19.1. The van der Waals surface area contributed by atoms with E-state index in [9.17, 15) is 0 Å². The summed E-state index contributed by atoms with van der Waals surface area (Å²) < 4.78 is 8.00. The van der Waals surface area contributed by atoms with Crippen LogP contribution >= 0.6 is 0 Å². The van der Waals surface area contributed by atoms with Gasteiger partial charge < -0.3 is 0 Å². The summed E-state index contributed by atoms with van der Waals surface area (Å²) in [7, 11) is 0. The van der Waals surface area contributed by atoms with Crippen LogP contribution in [0.25, 0.3) is 0 Å². The quantitative estimate of drug-likeness (QED) is 0.284. The van der Waals surface area contributed by atoms with Gasteiger partial charge in [-0.05, 0) is 0 Å². The summed E-state index contributed by atoms with van der Waals surface area (Å²) >= 11 is -1.58. The number of unbranched alkanes of at least 4 members (excludes halogenated alkanes) is 3. The molecule has 1 aromatic carbocycles. The standard InChI is InChI=1S/C9H9Se.3C4H9.Sn/c1-2-8-10-9-6-4-3-5-7-9;3*1-3-4-2;/h3-7H,1,8H2;3*1,3-4H2,2H3;. The fourth-order valence-corrected chi connectivity index (χ4v) is 25.0. The second-order valence-corrected chi connectivity index (χ2v) is 22.6. The van der Waals surface area contributed by atoms with Gasteiger partial charge >= 0.3 is 156 Å². The Kier molecular flexibility index (Phi) is 11.7. The topological polar surface area (TPSA) is 0 Å². The van der Waals surface area contributed by atoms with Gasteiger partial charge in [-0.2, -0.15) is 0 Å². The van der Waals surface area contributed by atoms with Gasteiger partial charge in [-0.3, -0.25) is 0 Å². The van der Waals surface area contributed by atoms with Crippen molar-refractivity contribution < 1.29 is 0 Å². The second-order valence-electron chi connectivity index (χ2n) is 6.80. The van der Waals surface area contributed by atoms with Gasteiger partial charge in [0.2, 0.25) is 0 Å². The van der Waals surface area contributed by atoms with Crippen LogP contribution in [0.1, 0.15) is 59.3 Å². The molecular weight excluding hydrogens is 450 g/mol. The van der Waals surface area contributed by atoms with Crippen LogP contribution in [-0.4, -0.2) is 33.3 Å². The van der Waals surface area contributed by atoms with Crippen LogP contribution in [0.15, 0.2) is 40.5 Å². The Morgan fingerprint density at radius 2 is 1.35 bits per heavy atom. The molecule has 0 heterocycles. The molecule has 0 aromatic heterocycles. The predicted octanol–water partition coefficient (Wildman–Crippen LogP) is 6.38. The molecule has 1 aromatic rings. The fraction of sp³-hybridized carbons (Fsp3) is 0.619. The van der Waals surface area contributed by atoms with Crippen LogP contribution in [0.3, 0.4) is 0 Å². The molecule has 23 heavy (non-hydrogen) atoms. The third-order valence-corrected chi connectivity index (χ3v) is 24.9. The summed E-state index contributed by atoms with van der Waals surface area (Å²) in [5.74, 6) is 0. The summed E-state index contributed by atoms with van der Waals surface area (Å²) in [5, 5.41) is 1.31. The van der Waals surface area contributed by atoms with Gasteiger partial charge in [0.25, 0.3) is 0 Å². The molecule has 130 valence electrons. The summed E-state index contributed by atoms with van der Waals surface area (Å²) in [6, 6.07) is 11.1. The van der Waals surface area contributed by atoms with Gasteiger partial charge in [0.1, 0.15) is 0 Å². The summed E-state index contributed by atoms with van der Waals surface area (Å²) in [6.07, 6.45) is 8.40. The van der Waals surface area contributed by atoms with Crippen LogP contribution in [0, 0.1) is 0 Å². The number of hydrogen-bond acceptors (Lipinski definition) is 0. The second kappa shape index (κ2) is 12.6. The third-order valence-electron chi connectivity index (χ3n) is 4.93. The Balaban J connectivity index is 2.78. The van der Waals surface area contributed by atoms with Crippen LogP contribution in [-0.2, 0) is 0 Å². The third kappa shape index (κ3) is 7.80. The van der Waals surface area contributed by atoms with E-state index >= 15 is 0 Å². The molecule has 0 aliphatic heterocycles. The van der Waals surface area contributed by atoms with Crippen molar-refractivity contribution in [3.63, 3.8) is 0 Å². The molecule has 0 nitrogen and oxygen atoms in total. The van der Waals surface area contributed by atoms with Crippen LogP contribution in [0.2, 0.25) is 18.6 Å². The Labute approximate surface area is 155 Å². The molecule has 0 N–H and O–H groups in total. The van der Waals surface area contributed by atoms with Crippen molar-refractivity contribution in [3.8, 4) is 0 Å². The molecule has 2 heteroatoms. The number of hydrogen-bond donors (Lipinski definition) is 0. The fourth-order valence-electron chi connectivity index (χ4n) is 3.29. The monoisotopic (exact) mass is 488 g/mol. The van der Waals surface area contributed by atoms with E-state index in [2.05, 4.69) is 51.1 Å². The number of allylic oxidation sites excluding steroid dienone is 1. The molecule has 0 bridgehead atoms. The van der Waals surface area contributed by atoms with Crippen molar-refractivity contribution in [2.75, 3.05) is 0 Å². The average Bonchev–Trinajstić information content (AvgIpc) is 2.60. The SMILES string of the molecule is C=[C](C[Se]c1ccccc1)[Sn]([CH2]CCC)([CH2]CCC)[CH2]CCC. The van der Waals surface area contributed by atoms with Crippen molar-refractivity contribution in [3.05, 3.63) is 40.5 Å². The zero-order chi connectivity index (χ0) is 17.0. The molecular formula is C21H36SeSn. The Bertz CT molecular complexity index is 405. The average molecular weight is 486 g/mol. The van der Waals surface area contributed by atoms with Crippen LogP contribution in [0.4, 0.5) is 0 Å². The van der Waals surface area contributed by atoms with Crippen molar-refractivity contribution in [2.45, 2.75) is 77.9 Å². The Morgan fingerprint density at radius 1 is 0.870 bits per heavy atom. The predicted molar refractivity (Wildman–Crippen MR) is 111 cm³/mol. The molecule has 0 aliphatic carbocycles. The first-order valence-electron chi connectivity index (χ1n) is 9.54. The minimum atomic E-state index is -2.17. The van der Waals surface area contributed by atoms with Crippen LogP contribution in [0.5, 0.6) is 0 Å². The normalized spacial score (nSPS) is 11.6. The first-order chi connectivity index (χ1) is 11.2.